The first kappa shape index (κ1) is 12.7. The van der Waals surface area contributed by atoms with Crippen molar-refractivity contribution in [3.05, 3.63) is 12.3 Å². The Bertz CT molecular complexity index is 236. The third-order valence-corrected chi connectivity index (χ3v) is 1.84. The Balaban J connectivity index is 4.17. The Morgan fingerprint density at radius 3 is 2.43 bits per heavy atom. The normalized spacial score (nSPS) is 11.9. The van der Waals surface area contributed by atoms with E-state index in [1.165, 1.54) is 0 Å². The molecule has 1 amide bonds. The lowest BCUT2D eigenvalue weighted by Crippen LogP contribution is -2.36. The highest BCUT2D eigenvalue weighted by atomic mass is 16.1. The van der Waals surface area contributed by atoms with Crippen molar-refractivity contribution in [2.24, 2.45) is 5.73 Å². The largest absolute Gasteiger partial charge is 0.379 e. The SMILES string of the molecule is C=C(C)NC(CCC(N)=O)C(=O)CC. The van der Waals surface area contributed by atoms with Crippen LogP contribution in [-0.2, 0) is 9.59 Å². The van der Waals surface area contributed by atoms with E-state index in [1.54, 1.807) is 13.8 Å². The third kappa shape index (κ3) is 5.35. The molecule has 0 radical (unpaired) electrons. The zero-order valence-electron chi connectivity index (χ0n) is 8.80. The van der Waals surface area contributed by atoms with Crippen molar-refractivity contribution in [2.45, 2.75) is 39.2 Å². The minimum atomic E-state index is -0.387. The van der Waals surface area contributed by atoms with E-state index in [4.69, 9.17) is 5.73 Å². The second-order valence-electron chi connectivity index (χ2n) is 3.30. The van der Waals surface area contributed by atoms with Gasteiger partial charge in [0.05, 0.1) is 6.04 Å². The average Bonchev–Trinajstić information content (AvgIpc) is 2.10. The number of hydrogen-bond donors (Lipinski definition) is 2. The fourth-order valence-corrected chi connectivity index (χ4v) is 1.14. The topological polar surface area (TPSA) is 72.2 Å². The Morgan fingerprint density at radius 1 is 1.50 bits per heavy atom. The van der Waals surface area contributed by atoms with Crippen LogP contribution in [-0.4, -0.2) is 17.7 Å². The summed E-state index contributed by atoms with van der Waals surface area (Å²) in [5.41, 5.74) is 5.74. The summed E-state index contributed by atoms with van der Waals surface area (Å²) in [5, 5.41) is 2.93. The number of nitrogens with two attached hydrogens (primary N) is 1. The number of carbonyl (C=O) groups is 2. The lowest BCUT2D eigenvalue weighted by atomic mass is 10.0. The van der Waals surface area contributed by atoms with Crippen molar-refractivity contribution in [1.82, 2.24) is 5.32 Å². The van der Waals surface area contributed by atoms with Gasteiger partial charge in [0.1, 0.15) is 0 Å². The first-order chi connectivity index (χ1) is 6.47. The van der Waals surface area contributed by atoms with Gasteiger partial charge in [-0.1, -0.05) is 13.5 Å². The molecule has 0 aromatic carbocycles. The van der Waals surface area contributed by atoms with Crippen molar-refractivity contribution in [2.75, 3.05) is 0 Å². The van der Waals surface area contributed by atoms with Crippen LogP contribution in [0.3, 0.4) is 0 Å². The second kappa shape index (κ2) is 6.18. The van der Waals surface area contributed by atoms with E-state index in [9.17, 15) is 9.59 Å². The van der Waals surface area contributed by atoms with Gasteiger partial charge in [-0.05, 0) is 13.3 Å². The van der Waals surface area contributed by atoms with Gasteiger partial charge in [0.15, 0.2) is 5.78 Å². The highest BCUT2D eigenvalue weighted by molar-refractivity contribution is 5.84. The molecule has 80 valence electrons. The summed E-state index contributed by atoms with van der Waals surface area (Å²) >= 11 is 0. The van der Waals surface area contributed by atoms with Crippen LogP contribution < -0.4 is 11.1 Å². The number of rotatable bonds is 7. The molecule has 0 spiro atoms. The number of primary amides is 1. The molecular weight excluding hydrogens is 180 g/mol. The monoisotopic (exact) mass is 198 g/mol. The van der Waals surface area contributed by atoms with Crippen LogP contribution in [0, 0.1) is 0 Å². The first-order valence-electron chi connectivity index (χ1n) is 4.70. The molecule has 0 aromatic rings. The van der Waals surface area contributed by atoms with Crippen LogP contribution in [0.2, 0.25) is 0 Å². The number of ketones is 1. The molecule has 4 nitrogen and oxygen atoms in total. The fraction of sp³-hybridized carbons (Fsp3) is 0.600. The Labute approximate surface area is 84.5 Å². The summed E-state index contributed by atoms with van der Waals surface area (Å²) in [4.78, 5) is 22.0. The van der Waals surface area contributed by atoms with Crippen LogP contribution in [0.1, 0.15) is 33.1 Å². The molecule has 1 atom stereocenters. The summed E-state index contributed by atoms with van der Waals surface area (Å²) in [7, 11) is 0. The van der Waals surface area contributed by atoms with Gasteiger partial charge in [0.25, 0.3) is 0 Å². The minimum absolute atomic E-state index is 0.0780. The van der Waals surface area contributed by atoms with Crippen molar-refractivity contribution in [3.63, 3.8) is 0 Å². The van der Waals surface area contributed by atoms with E-state index < -0.39 is 0 Å². The van der Waals surface area contributed by atoms with Gasteiger partial charge in [-0.15, -0.1) is 0 Å². The molecule has 0 saturated carbocycles. The number of Topliss-reactive ketones (excluding diaryl/α,β-unsaturated/α-hetero) is 1. The predicted molar refractivity (Wildman–Crippen MR) is 55.5 cm³/mol. The Kier molecular flexibility index (Phi) is 5.60. The molecule has 0 aliphatic carbocycles. The highest BCUT2D eigenvalue weighted by Crippen LogP contribution is 2.03. The lowest BCUT2D eigenvalue weighted by Gasteiger charge is -2.17. The second-order valence-corrected chi connectivity index (χ2v) is 3.30. The average molecular weight is 198 g/mol. The van der Waals surface area contributed by atoms with E-state index in [0.29, 0.717) is 12.8 Å². The number of allylic oxidation sites excluding steroid dienone is 1. The third-order valence-electron chi connectivity index (χ3n) is 1.84. The van der Waals surface area contributed by atoms with Crippen molar-refractivity contribution in [3.8, 4) is 0 Å². The van der Waals surface area contributed by atoms with Gasteiger partial charge in [-0.2, -0.15) is 0 Å². The van der Waals surface area contributed by atoms with E-state index in [2.05, 4.69) is 11.9 Å². The van der Waals surface area contributed by atoms with Crippen molar-refractivity contribution >= 4 is 11.7 Å². The van der Waals surface area contributed by atoms with Gasteiger partial charge in [0.2, 0.25) is 5.91 Å². The van der Waals surface area contributed by atoms with Gasteiger partial charge in [0, 0.05) is 18.5 Å². The van der Waals surface area contributed by atoms with Gasteiger partial charge in [-0.3, -0.25) is 9.59 Å². The molecular formula is C10H18N2O2. The molecule has 1 unspecified atom stereocenters. The van der Waals surface area contributed by atoms with Crippen LogP contribution in [0.25, 0.3) is 0 Å². The summed E-state index contributed by atoms with van der Waals surface area (Å²) in [6, 6.07) is -0.329. The summed E-state index contributed by atoms with van der Waals surface area (Å²) in [5.74, 6) is -0.309. The van der Waals surface area contributed by atoms with Crippen molar-refractivity contribution in [1.29, 1.82) is 0 Å². The van der Waals surface area contributed by atoms with Crippen LogP contribution in [0.5, 0.6) is 0 Å². The lowest BCUT2D eigenvalue weighted by molar-refractivity contribution is -0.121. The maximum absolute atomic E-state index is 11.4. The maximum atomic E-state index is 11.4. The molecule has 0 aliphatic rings. The number of nitrogens with one attached hydrogen (secondary N) is 1. The van der Waals surface area contributed by atoms with Crippen LogP contribution in [0.4, 0.5) is 0 Å². The van der Waals surface area contributed by atoms with Crippen LogP contribution in [0.15, 0.2) is 12.3 Å². The zero-order chi connectivity index (χ0) is 11.1. The van der Waals surface area contributed by atoms with E-state index in [1.807, 2.05) is 0 Å². The van der Waals surface area contributed by atoms with E-state index >= 15 is 0 Å². The van der Waals surface area contributed by atoms with Crippen molar-refractivity contribution < 1.29 is 9.59 Å². The molecule has 0 aliphatic heterocycles. The molecule has 0 aromatic heterocycles. The molecule has 0 rings (SSSR count). The molecule has 0 heterocycles. The van der Waals surface area contributed by atoms with Crippen LogP contribution >= 0.6 is 0 Å². The summed E-state index contributed by atoms with van der Waals surface area (Å²) in [6.07, 6.45) is 1.11. The quantitative estimate of drug-likeness (QED) is 0.633. The standard InChI is InChI=1S/C10H18N2O2/c1-4-9(13)8(12-7(2)3)5-6-10(11)14/h8,12H,2,4-6H2,1,3H3,(H2,11,14). The van der Waals surface area contributed by atoms with E-state index in [-0.39, 0.29) is 24.2 Å². The molecule has 0 fully saturated rings. The van der Waals surface area contributed by atoms with Gasteiger partial charge in [-0.25, -0.2) is 0 Å². The number of amides is 1. The van der Waals surface area contributed by atoms with E-state index in [0.717, 1.165) is 5.70 Å². The fourth-order valence-electron chi connectivity index (χ4n) is 1.14. The summed E-state index contributed by atoms with van der Waals surface area (Å²) in [6.45, 7) is 7.23. The van der Waals surface area contributed by atoms with Gasteiger partial charge >= 0.3 is 0 Å². The van der Waals surface area contributed by atoms with Gasteiger partial charge < -0.3 is 11.1 Å². The molecule has 14 heavy (non-hydrogen) atoms. The smallest absolute Gasteiger partial charge is 0.217 e. The predicted octanol–water partition coefficient (Wildman–Crippen LogP) is 0.723. The summed E-state index contributed by atoms with van der Waals surface area (Å²) < 4.78 is 0. The zero-order valence-corrected chi connectivity index (χ0v) is 8.80. The molecule has 4 heteroatoms. The number of carbonyl (C=O) groups excluding carboxylic acids is 2. The Hall–Kier alpha value is -1.32. The molecule has 3 N–H and O–H groups in total. The Morgan fingerprint density at radius 2 is 2.07 bits per heavy atom. The molecule has 0 saturated heterocycles. The maximum Gasteiger partial charge on any atom is 0.217 e. The highest BCUT2D eigenvalue weighted by Gasteiger charge is 2.16. The first-order valence-corrected chi connectivity index (χ1v) is 4.70. The minimum Gasteiger partial charge on any atom is -0.379 e. The number of hydrogen-bond acceptors (Lipinski definition) is 3. The molecule has 0 bridgehead atoms.